The van der Waals surface area contributed by atoms with Crippen LogP contribution in [0, 0.1) is 12.8 Å². The Kier molecular flexibility index (Phi) is 8.44. The van der Waals surface area contributed by atoms with Crippen molar-refractivity contribution in [2.75, 3.05) is 25.4 Å². The highest BCUT2D eigenvalue weighted by Crippen LogP contribution is 2.20. The van der Waals surface area contributed by atoms with Gasteiger partial charge in [0.1, 0.15) is 0 Å². The number of benzene rings is 2. The van der Waals surface area contributed by atoms with Crippen molar-refractivity contribution < 1.29 is 4.79 Å². The summed E-state index contributed by atoms with van der Waals surface area (Å²) < 4.78 is 1.11. The lowest BCUT2D eigenvalue weighted by atomic mass is 9.95. The second kappa shape index (κ2) is 11.0. The number of halogens is 1. The molecule has 2 aromatic rings. The van der Waals surface area contributed by atoms with E-state index in [9.17, 15) is 4.79 Å². The Morgan fingerprint density at radius 2 is 1.89 bits per heavy atom. The number of amides is 1. The van der Waals surface area contributed by atoms with E-state index in [-0.39, 0.29) is 11.8 Å². The first-order valence-electron chi connectivity index (χ1n) is 9.98. The summed E-state index contributed by atoms with van der Waals surface area (Å²) in [7, 11) is 0. The number of carbonyl (C=O) groups excluding carboxylic acids is 1. The minimum Gasteiger partial charge on any atom is -0.355 e. The first-order chi connectivity index (χ1) is 13.6. The van der Waals surface area contributed by atoms with Gasteiger partial charge in [0.05, 0.1) is 0 Å². The molecule has 0 bridgehead atoms. The molecule has 1 heterocycles. The number of nitrogens with zero attached hydrogens (tertiary/aromatic N) is 1. The van der Waals surface area contributed by atoms with Crippen LogP contribution in [0.4, 0.5) is 0 Å². The number of aryl methyl sites for hydroxylation is 1. The van der Waals surface area contributed by atoms with Gasteiger partial charge in [-0.1, -0.05) is 57.9 Å². The first kappa shape index (κ1) is 21.4. The fraction of sp³-hybridized carbons (Fsp3) is 0.435. The summed E-state index contributed by atoms with van der Waals surface area (Å²) in [6.45, 7) is 5.84. The van der Waals surface area contributed by atoms with E-state index in [4.69, 9.17) is 0 Å². The summed E-state index contributed by atoms with van der Waals surface area (Å²) in [5.74, 6) is 2.37. The average molecular weight is 461 g/mol. The Morgan fingerprint density at radius 1 is 1.14 bits per heavy atom. The standard InChI is InChI=1S/C23H29BrN2OS/c1-18-3-2-4-20(15-18)17-28-14-11-25-23(27)21-9-12-26(13-10-21)16-19-5-7-22(24)8-6-19/h2-8,15,21H,9-14,16-17H2,1H3,(H,25,27). The molecule has 1 amide bonds. The zero-order chi connectivity index (χ0) is 19.8. The Hall–Kier alpha value is -1.30. The molecule has 0 radical (unpaired) electrons. The number of nitrogens with one attached hydrogen (secondary N) is 1. The summed E-state index contributed by atoms with van der Waals surface area (Å²) in [4.78, 5) is 14.9. The number of hydrogen-bond donors (Lipinski definition) is 1. The molecule has 0 atom stereocenters. The maximum Gasteiger partial charge on any atom is 0.223 e. The summed E-state index contributed by atoms with van der Waals surface area (Å²) in [5.41, 5.74) is 3.99. The Labute approximate surface area is 181 Å². The number of likely N-dealkylation sites (tertiary alicyclic amines) is 1. The van der Waals surface area contributed by atoms with Gasteiger partial charge in [0.25, 0.3) is 0 Å². The highest BCUT2D eigenvalue weighted by molar-refractivity contribution is 9.10. The third-order valence-corrected chi connectivity index (χ3v) is 6.73. The zero-order valence-corrected chi connectivity index (χ0v) is 18.9. The second-order valence-electron chi connectivity index (χ2n) is 7.51. The highest BCUT2D eigenvalue weighted by Gasteiger charge is 2.24. The summed E-state index contributed by atoms with van der Waals surface area (Å²) in [6, 6.07) is 17.1. The molecule has 0 unspecified atom stereocenters. The molecule has 5 heteroatoms. The lowest BCUT2D eigenvalue weighted by Crippen LogP contribution is -2.40. The lowest BCUT2D eigenvalue weighted by molar-refractivity contribution is -0.126. The molecule has 1 aliphatic heterocycles. The van der Waals surface area contributed by atoms with Gasteiger partial charge in [-0.2, -0.15) is 11.8 Å². The summed E-state index contributed by atoms with van der Waals surface area (Å²) in [5, 5.41) is 3.14. The van der Waals surface area contributed by atoms with Gasteiger partial charge in [-0.3, -0.25) is 9.69 Å². The second-order valence-corrected chi connectivity index (χ2v) is 9.53. The SMILES string of the molecule is Cc1cccc(CSCCNC(=O)C2CCN(Cc3ccc(Br)cc3)CC2)c1. The van der Waals surface area contributed by atoms with Crippen molar-refractivity contribution in [3.63, 3.8) is 0 Å². The average Bonchev–Trinajstić information content (AvgIpc) is 2.70. The molecule has 0 aromatic heterocycles. The molecule has 1 N–H and O–H groups in total. The maximum absolute atomic E-state index is 12.4. The van der Waals surface area contributed by atoms with Gasteiger partial charge in [0, 0.05) is 35.0 Å². The van der Waals surface area contributed by atoms with Crippen molar-refractivity contribution in [1.29, 1.82) is 0 Å². The predicted molar refractivity (Wildman–Crippen MR) is 122 cm³/mol. The molecule has 1 fully saturated rings. The number of piperidine rings is 1. The van der Waals surface area contributed by atoms with Crippen LogP contribution < -0.4 is 5.32 Å². The Bertz CT molecular complexity index is 757. The Morgan fingerprint density at radius 3 is 2.61 bits per heavy atom. The van der Waals surface area contributed by atoms with Crippen molar-refractivity contribution in [3.8, 4) is 0 Å². The van der Waals surface area contributed by atoms with Gasteiger partial charge in [-0.25, -0.2) is 0 Å². The third-order valence-electron chi connectivity index (χ3n) is 5.17. The van der Waals surface area contributed by atoms with E-state index in [1.165, 1.54) is 16.7 Å². The molecular formula is C23H29BrN2OS. The molecule has 3 nitrogen and oxygen atoms in total. The van der Waals surface area contributed by atoms with Gasteiger partial charge in [0.2, 0.25) is 5.91 Å². The molecule has 3 rings (SSSR count). The van der Waals surface area contributed by atoms with Gasteiger partial charge in [-0.05, 0) is 56.1 Å². The monoisotopic (exact) mass is 460 g/mol. The molecule has 28 heavy (non-hydrogen) atoms. The molecule has 0 aliphatic carbocycles. The van der Waals surface area contributed by atoms with E-state index in [1.807, 2.05) is 11.8 Å². The van der Waals surface area contributed by atoms with Gasteiger partial charge in [-0.15, -0.1) is 0 Å². The van der Waals surface area contributed by atoms with Gasteiger partial charge < -0.3 is 5.32 Å². The number of rotatable bonds is 8. The van der Waals surface area contributed by atoms with Crippen LogP contribution in [0.15, 0.2) is 53.0 Å². The predicted octanol–water partition coefficient (Wildman–Crippen LogP) is 5.02. The topological polar surface area (TPSA) is 32.3 Å². The quantitative estimate of drug-likeness (QED) is 0.561. The molecule has 1 saturated heterocycles. The van der Waals surface area contributed by atoms with E-state index in [1.54, 1.807) is 0 Å². The van der Waals surface area contributed by atoms with E-state index in [2.05, 4.69) is 81.6 Å². The Balaban J connectivity index is 1.30. The summed E-state index contributed by atoms with van der Waals surface area (Å²) >= 11 is 5.36. The molecule has 1 aliphatic rings. The maximum atomic E-state index is 12.4. The van der Waals surface area contributed by atoms with Crippen LogP contribution >= 0.6 is 27.7 Å². The van der Waals surface area contributed by atoms with Crippen molar-refractivity contribution in [1.82, 2.24) is 10.2 Å². The minimum absolute atomic E-state index is 0.169. The van der Waals surface area contributed by atoms with Crippen LogP contribution in [0.25, 0.3) is 0 Å². The van der Waals surface area contributed by atoms with Crippen LogP contribution in [-0.2, 0) is 17.1 Å². The number of hydrogen-bond acceptors (Lipinski definition) is 3. The van der Waals surface area contributed by atoms with Crippen LogP contribution in [0.5, 0.6) is 0 Å². The van der Waals surface area contributed by atoms with E-state index in [0.717, 1.165) is 55.0 Å². The third kappa shape index (κ3) is 6.94. The van der Waals surface area contributed by atoms with Gasteiger partial charge in [0.15, 0.2) is 0 Å². The van der Waals surface area contributed by atoms with Crippen molar-refractivity contribution in [2.45, 2.75) is 32.1 Å². The molecule has 0 spiro atoms. The smallest absolute Gasteiger partial charge is 0.223 e. The number of thioether (sulfide) groups is 1. The molecule has 2 aromatic carbocycles. The van der Waals surface area contributed by atoms with Crippen LogP contribution in [0.2, 0.25) is 0 Å². The van der Waals surface area contributed by atoms with E-state index < -0.39 is 0 Å². The molecular weight excluding hydrogens is 432 g/mol. The first-order valence-corrected chi connectivity index (χ1v) is 11.9. The van der Waals surface area contributed by atoms with Gasteiger partial charge >= 0.3 is 0 Å². The summed E-state index contributed by atoms with van der Waals surface area (Å²) in [6.07, 6.45) is 1.91. The van der Waals surface area contributed by atoms with Crippen LogP contribution in [-0.4, -0.2) is 36.2 Å². The van der Waals surface area contributed by atoms with Crippen LogP contribution in [0.1, 0.15) is 29.5 Å². The molecule has 0 saturated carbocycles. The fourth-order valence-corrected chi connectivity index (χ4v) is 4.65. The van der Waals surface area contributed by atoms with Crippen molar-refractivity contribution in [3.05, 3.63) is 69.7 Å². The minimum atomic E-state index is 0.169. The fourth-order valence-electron chi connectivity index (χ4n) is 3.58. The van der Waals surface area contributed by atoms with E-state index in [0.29, 0.717) is 0 Å². The largest absolute Gasteiger partial charge is 0.355 e. The highest BCUT2D eigenvalue weighted by atomic mass is 79.9. The number of carbonyl (C=O) groups is 1. The van der Waals surface area contributed by atoms with E-state index >= 15 is 0 Å². The zero-order valence-electron chi connectivity index (χ0n) is 16.5. The lowest BCUT2D eigenvalue weighted by Gasteiger charge is -2.31. The normalized spacial score (nSPS) is 15.5. The van der Waals surface area contributed by atoms with Crippen LogP contribution in [0.3, 0.4) is 0 Å². The van der Waals surface area contributed by atoms with Crippen molar-refractivity contribution in [2.24, 2.45) is 5.92 Å². The molecule has 150 valence electrons. The van der Waals surface area contributed by atoms with Crippen molar-refractivity contribution >= 4 is 33.6 Å².